The average Bonchev–Trinajstić information content (AvgIpc) is 3.56. The van der Waals surface area contributed by atoms with Crippen LogP contribution in [-0.4, -0.2) is 69.5 Å². The lowest BCUT2D eigenvalue weighted by molar-refractivity contribution is -0.172. The lowest BCUT2D eigenvalue weighted by Crippen LogP contribution is -2.51. The Morgan fingerprint density at radius 1 is 1.02 bits per heavy atom. The lowest BCUT2D eigenvalue weighted by atomic mass is 9.91. The number of aromatic nitrogens is 3. The Bertz CT molecular complexity index is 1540. The van der Waals surface area contributed by atoms with Crippen molar-refractivity contribution in [3.63, 3.8) is 0 Å². The molecular formula is C30H37N7O7. The number of rotatable bonds is 11. The van der Waals surface area contributed by atoms with Crippen LogP contribution >= 0.6 is 0 Å². The highest BCUT2D eigenvalue weighted by molar-refractivity contribution is 5.77. The zero-order valence-corrected chi connectivity index (χ0v) is 25.0. The first-order valence-electron chi connectivity index (χ1n) is 14.2. The van der Waals surface area contributed by atoms with Crippen LogP contribution < -0.4 is 17.2 Å². The van der Waals surface area contributed by atoms with Gasteiger partial charge in [-0.05, 0) is 29.5 Å². The van der Waals surface area contributed by atoms with E-state index < -0.39 is 60.5 Å². The highest BCUT2D eigenvalue weighted by atomic mass is 16.7. The Morgan fingerprint density at radius 2 is 1.66 bits per heavy atom. The predicted molar refractivity (Wildman–Crippen MR) is 156 cm³/mol. The lowest BCUT2D eigenvalue weighted by Gasteiger charge is -2.30. The Balaban J connectivity index is 1.78. The molecule has 1 saturated heterocycles. The molecule has 6 atom stereocenters. The van der Waals surface area contributed by atoms with E-state index in [4.69, 9.17) is 36.1 Å². The van der Waals surface area contributed by atoms with Crippen molar-refractivity contribution in [1.82, 2.24) is 14.6 Å². The highest BCUT2D eigenvalue weighted by Crippen LogP contribution is 2.44. The first-order chi connectivity index (χ1) is 20.9. The van der Waals surface area contributed by atoms with E-state index in [9.17, 15) is 19.6 Å². The van der Waals surface area contributed by atoms with Gasteiger partial charge in [-0.3, -0.25) is 14.4 Å². The Labute approximate surface area is 254 Å². The number of nitrogens with zero attached hydrogens (tertiary/aromatic N) is 4. The van der Waals surface area contributed by atoms with Crippen LogP contribution in [0.3, 0.4) is 0 Å². The molecule has 44 heavy (non-hydrogen) atoms. The molecule has 14 nitrogen and oxygen atoms in total. The minimum atomic E-state index is -2.12. The highest BCUT2D eigenvalue weighted by Gasteiger charge is 2.63. The van der Waals surface area contributed by atoms with E-state index in [-0.39, 0.29) is 29.8 Å². The summed E-state index contributed by atoms with van der Waals surface area (Å²) < 4.78 is 24.9. The number of nitrogen functional groups attached to an aromatic ring is 1. The molecule has 3 aromatic rings. The monoisotopic (exact) mass is 607 g/mol. The summed E-state index contributed by atoms with van der Waals surface area (Å²) in [5.41, 5.74) is 17.3. The number of esters is 3. The van der Waals surface area contributed by atoms with Gasteiger partial charge in [-0.15, -0.1) is 0 Å². The first kappa shape index (κ1) is 32.3. The van der Waals surface area contributed by atoms with Gasteiger partial charge < -0.3 is 36.1 Å². The number of ether oxygens (including phenoxy) is 4. The molecule has 0 amide bonds. The molecule has 3 heterocycles. The zero-order valence-electron chi connectivity index (χ0n) is 25.0. The van der Waals surface area contributed by atoms with Crippen molar-refractivity contribution in [3.8, 4) is 6.07 Å². The van der Waals surface area contributed by atoms with Crippen LogP contribution in [0.15, 0.2) is 48.8 Å². The number of nitrogens with two attached hydrogens (primary N) is 3. The number of hydrogen-bond acceptors (Lipinski definition) is 13. The van der Waals surface area contributed by atoms with Crippen LogP contribution in [0.1, 0.15) is 39.0 Å². The van der Waals surface area contributed by atoms with Crippen molar-refractivity contribution in [2.24, 2.45) is 23.3 Å². The third-order valence-electron chi connectivity index (χ3n) is 7.51. The quantitative estimate of drug-likeness (QED) is 0.205. The van der Waals surface area contributed by atoms with Gasteiger partial charge >= 0.3 is 17.9 Å². The van der Waals surface area contributed by atoms with E-state index in [2.05, 4.69) is 16.2 Å². The van der Waals surface area contributed by atoms with Crippen molar-refractivity contribution in [2.75, 3.05) is 12.3 Å². The van der Waals surface area contributed by atoms with Crippen molar-refractivity contribution in [2.45, 2.75) is 70.1 Å². The summed E-state index contributed by atoms with van der Waals surface area (Å²) in [5, 5.41) is 14.9. The fourth-order valence-corrected chi connectivity index (χ4v) is 4.75. The van der Waals surface area contributed by atoms with E-state index in [1.807, 2.05) is 6.07 Å². The van der Waals surface area contributed by atoms with Crippen molar-refractivity contribution in [1.29, 1.82) is 5.26 Å². The second-order valence-electron chi connectivity index (χ2n) is 11.3. The standard InChI is InChI=1S/C30H37N7O7/c1-16(2)23(32)28(39)42-25-20(13-41-22(38)12-18-8-6-5-7-9-18)44-30(14-31,26(25)43-29(40)24(33)17(3)4)21-11-10-19-27(34)35-15-36-37(19)21/h5-11,15-17,20,23-26H,12-13,32-33H2,1-4H3,(H2,34,35,36)/t20-,23+,24?,25-,26-,30+/m1/s1. The third kappa shape index (κ3) is 6.49. The predicted octanol–water partition coefficient (Wildman–Crippen LogP) is 1.01. The number of hydrogen-bond donors (Lipinski definition) is 3. The molecule has 0 spiro atoms. The SMILES string of the molecule is CC(C)C(N)C(=O)O[C@@H]1[C@H](OC(=O)[C@@H](N)C(C)C)[C@@H](COC(=O)Cc2ccccc2)O[C@@]1(C#N)c1ccc2c(N)ncnn12. The summed E-state index contributed by atoms with van der Waals surface area (Å²) in [6.07, 6.45) is -3.15. The normalized spacial score (nSPS) is 22.8. The fourth-order valence-electron chi connectivity index (χ4n) is 4.75. The molecule has 1 fully saturated rings. The molecule has 1 aliphatic rings. The number of carbonyl (C=O) groups excluding carboxylic acids is 3. The number of anilines is 1. The third-order valence-corrected chi connectivity index (χ3v) is 7.51. The van der Waals surface area contributed by atoms with E-state index in [0.29, 0.717) is 11.1 Å². The largest absolute Gasteiger partial charge is 0.463 e. The summed E-state index contributed by atoms with van der Waals surface area (Å²) in [4.78, 5) is 43.2. The minimum absolute atomic E-state index is 0.0408. The minimum Gasteiger partial charge on any atom is -0.463 e. The first-order valence-corrected chi connectivity index (χ1v) is 14.2. The molecular weight excluding hydrogens is 570 g/mol. The Kier molecular flexibility index (Phi) is 9.83. The average molecular weight is 608 g/mol. The summed E-state index contributed by atoms with van der Waals surface area (Å²) in [6, 6.07) is 12.0. The molecule has 0 bridgehead atoms. The number of nitriles is 1. The molecule has 1 aliphatic heterocycles. The van der Waals surface area contributed by atoms with Gasteiger partial charge in [0.2, 0.25) is 5.60 Å². The fraction of sp³-hybridized carbons (Fsp3) is 0.467. The van der Waals surface area contributed by atoms with E-state index in [1.165, 1.54) is 16.9 Å². The molecule has 0 aliphatic carbocycles. The van der Waals surface area contributed by atoms with Crippen LogP contribution in [0.4, 0.5) is 5.82 Å². The number of benzene rings is 1. The summed E-state index contributed by atoms with van der Waals surface area (Å²) >= 11 is 0. The number of fused-ring (bicyclic) bond motifs is 1. The van der Waals surface area contributed by atoms with Crippen molar-refractivity contribution >= 4 is 29.2 Å². The maximum atomic E-state index is 13.3. The van der Waals surface area contributed by atoms with Gasteiger partial charge in [0, 0.05) is 0 Å². The van der Waals surface area contributed by atoms with Crippen LogP contribution in [0.2, 0.25) is 0 Å². The number of carbonyl (C=O) groups is 3. The Morgan fingerprint density at radius 3 is 2.27 bits per heavy atom. The van der Waals surface area contributed by atoms with Crippen LogP contribution in [0.25, 0.3) is 5.52 Å². The molecule has 1 unspecified atom stereocenters. The zero-order chi connectivity index (χ0) is 32.2. The molecule has 2 aromatic heterocycles. The summed E-state index contributed by atoms with van der Waals surface area (Å²) in [6.45, 7) is 6.46. The molecule has 0 radical (unpaired) electrons. The Hall–Kier alpha value is -4.58. The second kappa shape index (κ2) is 13.4. The van der Waals surface area contributed by atoms with Gasteiger partial charge in [-0.1, -0.05) is 58.0 Å². The topological polar surface area (TPSA) is 220 Å². The van der Waals surface area contributed by atoms with Gasteiger partial charge in [-0.25, -0.2) is 9.50 Å². The van der Waals surface area contributed by atoms with Gasteiger partial charge in [0.1, 0.15) is 42.7 Å². The van der Waals surface area contributed by atoms with Crippen LogP contribution in [-0.2, 0) is 45.4 Å². The van der Waals surface area contributed by atoms with Gasteiger partial charge in [0.25, 0.3) is 0 Å². The van der Waals surface area contributed by atoms with E-state index in [1.54, 1.807) is 58.0 Å². The van der Waals surface area contributed by atoms with Crippen molar-refractivity contribution in [3.05, 3.63) is 60.0 Å². The molecule has 1 aromatic carbocycles. The molecule has 14 heteroatoms. The molecule has 234 valence electrons. The van der Waals surface area contributed by atoms with Crippen molar-refractivity contribution < 1.29 is 33.3 Å². The van der Waals surface area contributed by atoms with Crippen LogP contribution in [0, 0.1) is 23.2 Å². The molecule has 4 rings (SSSR count). The maximum Gasteiger partial charge on any atom is 0.323 e. The van der Waals surface area contributed by atoms with Gasteiger partial charge in [-0.2, -0.15) is 10.4 Å². The van der Waals surface area contributed by atoms with E-state index in [0.717, 1.165) is 0 Å². The molecule has 6 N–H and O–H groups in total. The maximum absolute atomic E-state index is 13.3. The molecule has 0 saturated carbocycles. The smallest absolute Gasteiger partial charge is 0.323 e. The van der Waals surface area contributed by atoms with Crippen LogP contribution in [0.5, 0.6) is 0 Å². The van der Waals surface area contributed by atoms with Gasteiger partial charge in [0.15, 0.2) is 18.0 Å². The van der Waals surface area contributed by atoms with Gasteiger partial charge in [0.05, 0.1) is 12.1 Å². The summed E-state index contributed by atoms with van der Waals surface area (Å²) in [7, 11) is 0. The summed E-state index contributed by atoms with van der Waals surface area (Å²) in [5.74, 6) is -2.81. The van der Waals surface area contributed by atoms with E-state index >= 15 is 0 Å². The second-order valence-corrected chi connectivity index (χ2v) is 11.3.